The van der Waals surface area contributed by atoms with E-state index in [-0.39, 0.29) is 6.04 Å². The minimum Gasteiger partial charge on any atom is -0.366 e. The van der Waals surface area contributed by atoms with Crippen LogP contribution < -0.4 is 10.2 Å². The summed E-state index contributed by atoms with van der Waals surface area (Å²) in [5.41, 5.74) is 0.0894. The summed E-state index contributed by atoms with van der Waals surface area (Å²) in [6.45, 7) is 4.44. The summed E-state index contributed by atoms with van der Waals surface area (Å²) in [6.07, 6.45) is -3.35. The number of hydrogen-bond acceptors (Lipinski definition) is 2. The van der Waals surface area contributed by atoms with Gasteiger partial charge in [-0.3, -0.25) is 0 Å². The lowest BCUT2D eigenvalue weighted by Crippen LogP contribution is -2.51. The van der Waals surface area contributed by atoms with Gasteiger partial charge in [0.05, 0.1) is 5.56 Å². The van der Waals surface area contributed by atoms with E-state index in [1.165, 1.54) is 12.1 Å². The molecule has 0 amide bonds. The summed E-state index contributed by atoms with van der Waals surface area (Å²) in [6, 6.07) is 5.86. The molecule has 1 aromatic rings. The standard InChI is InChI=1S/C13H17F3N2/c1-2-11-9-17-6-7-18(11)12-5-3-4-10(8-12)13(14,15)16/h3-5,8,11,17H,2,6-7,9H2,1H3. The van der Waals surface area contributed by atoms with Crippen molar-refractivity contribution in [3.05, 3.63) is 29.8 Å². The molecule has 1 unspecified atom stereocenters. The van der Waals surface area contributed by atoms with Crippen molar-refractivity contribution in [2.24, 2.45) is 0 Å². The van der Waals surface area contributed by atoms with Gasteiger partial charge in [-0.2, -0.15) is 13.2 Å². The molecule has 1 aliphatic rings. The third-order valence-corrected chi connectivity index (χ3v) is 3.33. The molecular formula is C13H17F3N2. The van der Waals surface area contributed by atoms with Gasteiger partial charge in [0.2, 0.25) is 0 Å². The van der Waals surface area contributed by atoms with Crippen molar-refractivity contribution >= 4 is 5.69 Å². The average Bonchev–Trinajstić information content (AvgIpc) is 2.38. The summed E-state index contributed by atoms with van der Waals surface area (Å²) < 4.78 is 38.0. The third-order valence-electron chi connectivity index (χ3n) is 3.33. The molecule has 0 saturated carbocycles. The molecular weight excluding hydrogens is 241 g/mol. The van der Waals surface area contributed by atoms with Gasteiger partial charge < -0.3 is 10.2 Å². The molecule has 0 aliphatic carbocycles. The molecule has 1 atom stereocenters. The molecule has 1 saturated heterocycles. The van der Waals surface area contributed by atoms with Crippen LogP contribution in [0.5, 0.6) is 0 Å². The van der Waals surface area contributed by atoms with Crippen molar-refractivity contribution in [3.63, 3.8) is 0 Å². The number of piperazine rings is 1. The predicted octanol–water partition coefficient (Wildman–Crippen LogP) is 2.89. The quantitative estimate of drug-likeness (QED) is 0.877. The second-order valence-corrected chi connectivity index (χ2v) is 4.51. The lowest BCUT2D eigenvalue weighted by atomic mass is 10.1. The average molecular weight is 258 g/mol. The Labute approximate surface area is 105 Å². The molecule has 5 heteroatoms. The highest BCUT2D eigenvalue weighted by molar-refractivity contribution is 5.50. The van der Waals surface area contributed by atoms with Crippen molar-refractivity contribution in [2.45, 2.75) is 25.6 Å². The van der Waals surface area contributed by atoms with Crippen LogP contribution in [0.15, 0.2) is 24.3 Å². The second kappa shape index (κ2) is 5.18. The zero-order valence-electron chi connectivity index (χ0n) is 10.3. The van der Waals surface area contributed by atoms with Crippen LogP contribution in [0, 0.1) is 0 Å². The minimum absolute atomic E-state index is 0.266. The number of rotatable bonds is 2. The number of nitrogens with one attached hydrogen (secondary N) is 1. The lowest BCUT2D eigenvalue weighted by Gasteiger charge is -2.37. The molecule has 0 bridgehead atoms. The molecule has 0 radical (unpaired) electrons. The highest BCUT2D eigenvalue weighted by Crippen LogP contribution is 2.32. The molecule has 1 fully saturated rings. The SMILES string of the molecule is CCC1CNCCN1c1cccc(C(F)(F)F)c1. The van der Waals surface area contributed by atoms with Crippen molar-refractivity contribution < 1.29 is 13.2 Å². The Balaban J connectivity index is 2.27. The van der Waals surface area contributed by atoms with Crippen LogP contribution in [-0.4, -0.2) is 25.7 Å². The van der Waals surface area contributed by atoms with Gasteiger partial charge in [0.1, 0.15) is 0 Å². The highest BCUT2D eigenvalue weighted by atomic mass is 19.4. The first kappa shape index (κ1) is 13.2. The van der Waals surface area contributed by atoms with Gasteiger partial charge in [-0.05, 0) is 24.6 Å². The highest BCUT2D eigenvalue weighted by Gasteiger charge is 2.31. The Morgan fingerprint density at radius 2 is 2.17 bits per heavy atom. The fourth-order valence-corrected chi connectivity index (χ4v) is 2.33. The largest absolute Gasteiger partial charge is 0.416 e. The van der Waals surface area contributed by atoms with Crippen LogP contribution in [0.1, 0.15) is 18.9 Å². The van der Waals surface area contributed by atoms with Crippen molar-refractivity contribution in [2.75, 3.05) is 24.5 Å². The maximum atomic E-state index is 12.7. The molecule has 0 aromatic heterocycles. The number of anilines is 1. The zero-order valence-corrected chi connectivity index (χ0v) is 10.3. The van der Waals surface area contributed by atoms with E-state index in [4.69, 9.17) is 0 Å². The molecule has 2 rings (SSSR count). The van der Waals surface area contributed by atoms with Crippen LogP contribution in [0.4, 0.5) is 18.9 Å². The second-order valence-electron chi connectivity index (χ2n) is 4.51. The number of benzene rings is 1. The van der Waals surface area contributed by atoms with E-state index in [2.05, 4.69) is 17.1 Å². The molecule has 18 heavy (non-hydrogen) atoms. The summed E-state index contributed by atoms with van der Waals surface area (Å²) in [5.74, 6) is 0. The molecule has 1 heterocycles. The Morgan fingerprint density at radius 3 is 2.83 bits per heavy atom. The fraction of sp³-hybridized carbons (Fsp3) is 0.538. The Bertz CT molecular complexity index is 403. The summed E-state index contributed by atoms with van der Waals surface area (Å²) in [5, 5.41) is 3.27. The van der Waals surface area contributed by atoms with E-state index in [9.17, 15) is 13.2 Å². The smallest absolute Gasteiger partial charge is 0.366 e. The van der Waals surface area contributed by atoms with Gasteiger partial charge >= 0.3 is 6.18 Å². The van der Waals surface area contributed by atoms with Crippen LogP contribution in [0.2, 0.25) is 0 Å². The third kappa shape index (κ3) is 2.77. The van der Waals surface area contributed by atoms with E-state index in [0.717, 1.165) is 32.1 Å². The van der Waals surface area contributed by atoms with Crippen molar-refractivity contribution in [1.82, 2.24) is 5.32 Å². The molecule has 1 N–H and O–H groups in total. The minimum atomic E-state index is -4.27. The number of nitrogens with zero attached hydrogens (tertiary/aromatic N) is 1. The van der Waals surface area contributed by atoms with Gasteiger partial charge in [-0.15, -0.1) is 0 Å². The zero-order chi connectivity index (χ0) is 13.2. The number of alkyl halides is 3. The Kier molecular flexibility index (Phi) is 3.80. The van der Waals surface area contributed by atoms with E-state index >= 15 is 0 Å². The van der Waals surface area contributed by atoms with E-state index in [1.54, 1.807) is 6.07 Å². The summed E-state index contributed by atoms with van der Waals surface area (Å²) >= 11 is 0. The summed E-state index contributed by atoms with van der Waals surface area (Å²) in [7, 11) is 0. The first-order valence-electron chi connectivity index (χ1n) is 6.17. The molecule has 1 aliphatic heterocycles. The van der Waals surface area contributed by atoms with Gasteiger partial charge in [-0.25, -0.2) is 0 Å². The normalized spacial score (nSPS) is 21.1. The first-order chi connectivity index (χ1) is 8.52. The Hall–Kier alpha value is -1.23. The Morgan fingerprint density at radius 1 is 1.39 bits per heavy atom. The van der Waals surface area contributed by atoms with Gasteiger partial charge in [0.15, 0.2) is 0 Å². The topological polar surface area (TPSA) is 15.3 Å². The van der Waals surface area contributed by atoms with Gasteiger partial charge in [0.25, 0.3) is 0 Å². The molecule has 2 nitrogen and oxygen atoms in total. The van der Waals surface area contributed by atoms with Crippen LogP contribution in [0.25, 0.3) is 0 Å². The van der Waals surface area contributed by atoms with Gasteiger partial charge in [0, 0.05) is 31.4 Å². The molecule has 100 valence electrons. The maximum Gasteiger partial charge on any atom is 0.416 e. The number of hydrogen-bond donors (Lipinski definition) is 1. The predicted molar refractivity (Wildman–Crippen MR) is 65.7 cm³/mol. The number of halogens is 3. The van der Waals surface area contributed by atoms with Crippen LogP contribution in [-0.2, 0) is 6.18 Å². The van der Waals surface area contributed by atoms with Crippen LogP contribution in [0.3, 0.4) is 0 Å². The maximum absolute atomic E-state index is 12.7. The van der Waals surface area contributed by atoms with Crippen molar-refractivity contribution in [3.8, 4) is 0 Å². The van der Waals surface area contributed by atoms with Crippen molar-refractivity contribution in [1.29, 1.82) is 0 Å². The lowest BCUT2D eigenvalue weighted by molar-refractivity contribution is -0.137. The first-order valence-corrected chi connectivity index (χ1v) is 6.17. The molecule has 0 spiro atoms. The van der Waals surface area contributed by atoms with E-state index < -0.39 is 11.7 Å². The van der Waals surface area contributed by atoms with E-state index in [1.807, 2.05) is 0 Å². The monoisotopic (exact) mass is 258 g/mol. The summed E-state index contributed by atoms with van der Waals surface area (Å²) in [4.78, 5) is 2.06. The van der Waals surface area contributed by atoms with Gasteiger partial charge in [-0.1, -0.05) is 13.0 Å². The van der Waals surface area contributed by atoms with E-state index in [0.29, 0.717) is 5.69 Å². The fourth-order valence-electron chi connectivity index (χ4n) is 2.33. The molecule has 1 aromatic carbocycles. The van der Waals surface area contributed by atoms with Crippen LogP contribution >= 0.6 is 0 Å².